The molecular weight excluding hydrogens is 245 g/mol. The molecule has 0 spiro atoms. The van der Waals surface area contributed by atoms with E-state index in [9.17, 15) is 4.79 Å². The lowest BCUT2D eigenvalue weighted by Crippen LogP contribution is -2.22. The second kappa shape index (κ2) is 7.53. The first-order valence-electron chi connectivity index (χ1n) is 5.30. The molecule has 1 aromatic rings. The fourth-order valence-corrected chi connectivity index (χ4v) is 1.70. The molecule has 0 aliphatic carbocycles. The lowest BCUT2D eigenvalue weighted by molar-refractivity contribution is -0.121. The fourth-order valence-electron chi connectivity index (χ4n) is 1.30. The number of hydrogen-bond acceptors (Lipinski definition) is 1. The lowest BCUT2D eigenvalue weighted by Gasteiger charge is -2.06. The van der Waals surface area contributed by atoms with Gasteiger partial charge in [0.15, 0.2) is 0 Å². The molecule has 16 heavy (non-hydrogen) atoms. The van der Waals surface area contributed by atoms with E-state index in [2.05, 4.69) is 5.32 Å². The molecule has 88 valence electrons. The predicted molar refractivity (Wildman–Crippen MR) is 67.9 cm³/mol. The van der Waals surface area contributed by atoms with Crippen molar-refractivity contribution < 1.29 is 4.79 Å². The van der Waals surface area contributed by atoms with Crippen LogP contribution in [0.1, 0.15) is 24.8 Å². The highest BCUT2D eigenvalue weighted by Gasteiger charge is 2.02. The van der Waals surface area contributed by atoms with Gasteiger partial charge in [-0.05, 0) is 24.5 Å². The largest absolute Gasteiger partial charge is 0.352 e. The summed E-state index contributed by atoms with van der Waals surface area (Å²) in [5.74, 6) is 0.655. The molecule has 0 saturated heterocycles. The number of carbonyl (C=O) groups is 1. The first-order valence-corrected chi connectivity index (χ1v) is 6.21. The second-order valence-electron chi connectivity index (χ2n) is 3.51. The average molecular weight is 260 g/mol. The maximum Gasteiger partial charge on any atom is 0.220 e. The lowest BCUT2D eigenvalue weighted by atomic mass is 10.2. The van der Waals surface area contributed by atoms with E-state index in [1.54, 1.807) is 0 Å². The van der Waals surface area contributed by atoms with Crippen molar-refractivity contribution in [3.63, 3.8) is 0 Å². The summed E-state index contributed by atoms with van der Waals surface area (Å²) >= 11 is 11.5. The van der Waals surface area contributed by atoms with E-state index in [1.165, 1.54) is 0 Å². The van der Waals surface area contributed by atoms with Crippen LogP contribution in [0.25, 0.3) is 0 Å². The summed E-state index contributed by atoms with van der Waals surface area (Å²) in [6.07, 6.45) is 2.23. The third-order valence-electron chi connectivity index (χ3n) is 2.22. The number of rotatable bonds is 6. The van der Waals surface area contributed by atoms with Crippen LogP contribution < -0.4 is 5.32 Å². The van der Waals surface area contributed by atoms with Crippen LogP contribution in [0.15, 0.2) is 24.3 Å². The Morgan fingerprint density at radius 2 is 2.00 bits per heavy atom. The van der Waals surface area contributed by atoms with E-state index in [-0.39, 0.29) is 5.91 Å². The van der Waals surface area contributed by atoms with Crippen LogP contribution in [-0.2, 0) is 11.3 Å². The monoisotopic (exact) mass is 259 g/mol. The molecule has 1 aromatic carbocycles. The summed E-state index contributed by atoms with van der Waals surface area (Å²) in [6, 6.07) is 7.49. The zero-order valence-corrected chi connectivity index (χ0v) is 10.5. The van der Waals surface area contributed by atoms with E-state index in [0.717, 1.165) is 18.4 Å². The number of unbranched alkanes of at least 4 members (excludes halogenated alkanes) is 1. The van der Waals surface area contributed by atoms with Crippen molar-refractivity contribution in [3.8, 4) is 0 Å². The SMILES string of the molecule is O=C(CCCCCl)NCc1ccccc1Cl. The molecular formula is C12H15Cl2NO. The standard InChI is InChI=1S/C12H15Cl2NO/c13-8-4-3-7-12(16)15-9-10-5-1-2-6-11(10)14/h1-2,5-6H,3-4,7-9H2,(H,15,16). The molecule has 0 fully saturated rings. The summed E-state index contributed by atoms with van der Waals surface area (Å²) in [4.78, 5) is 11.4. The van der Waals surface area contributed by atoms with Gasteiger partial charge < -0.3 is 5.32 Å². The second-order valence-corrected chi connectivity index (χ2v) is 4.30. The summed E-state index contributed by atoms with van der Waals surface area (Å²) in [6.45, 7) is 0.485. The topological polar surface area (TPSA) is 29.1 Å². The van der Waals surface area contributed by atoms with Gasteiger partial charge in [-0.15, -0.1) is 11.6 Å². The highest BCUT2D eigenvalue weighted by molar-refractivity contribution is 6.31. The Labute approximate surface area is 106 Å². The zero-order chi connectivity index (χ0) is 11.8. The van der Waals surface area contributed by atoms with Crippen LogP contribution in [0, 0.1) is 0 Å². The van der Waals surface area contributed by atoms with Crippen LogP contribution in [0.5, 0.6) is 0 Å². The van der Waals surface area contributed by atoms with Gasteiger partial charge in [0, 0.05) is 23.9 Å². The minimum absolute atomic E-state index is 0.0463. The molecule has 0 radical (unpaired) electrons. The number of nitrogens with one attached hydrogen (secondary N) is 1. The van der Waals surface area contributed by atoms with Gasteiger partial charge in [-0.1, -0.05) is 29.8 Å². The van der Waals surface area contributed by atoms with Crippen molar-refractivity contribution in [2.75, 3.05) is 5.88 Å². The number of hydrogen-bond donors (Lipinski definition) is 1. The number of carbonyl (C=O) groups excluding carboxylic acids is 1. The van der Waals surface area contributed by atoms with Gasteiger partial charge in [0.2, 0.25) is 5.91 Å². The molecule has 0 atom stereocenters. The highest BCUT2D eigenvalue weighted by Crippen LogP contribution is 2.14. The third kappa shape index (κ3) is 4.86. The highest BCUT2D eigenvalue weighted by atomic mass is 35.5. The molecule has 0 aliphatic heterocycles. The molecule has 0 bridgehead atoms. The number of amides is 1. The Bertz CT molecular complexity index is 342. The number of benzene rings is 1. The first kappa shape index (κ1) is 13.3. The van der Waals surface area contributed by atoms with Crippen LogP contribution in [0.2, 0.25) is 5.02 Å². The van der Waals surface area contributed by atoms with Gasteiger partial charge in [-0.25, -0.2) is 0 Å². The Morgan fingerprint density at radius 3 is 2.69 bits per heavy atom. The Morgan fingerprint density at radius 1 is 1.25 bits per heavy atom. The maximum absolute atomic E-state index is 11.4. The quantitative estimate of drug-likeness (QED) is 0.616. The average Bonchev–Trinajstić information content (AvgIpc) is 2.28. The van der Waals surface area contributed by atoms with Crippen molar-refractivity contribution in [3.05, 3.63) is 34.9 Å². The Balaban J connectivity index is 2.29. The summed E-state index contributed by atoms with van der Waals surface area (Å²) < 4.78 is 0. The van der Waals surface area contributed by atoms with Crippen molar-refractivity contribution in [1.82, 2.24) is 5.32 Å². The van der Waals surface area contributed by atoms with Crippen LogP contribution in [0.4, 0.5) is 0 Å². The maximum atomic E-state index is 11.4. The van der Waals surface area contributed by atoms with Crippen molar-refractivity contribution in [2.45, 2.75) is 25.8 Å². The van der Waals surface area contributed by atoms with E-state index >= 15 is 0 Å². The summed E-state index contributed by atoms with van der Waals surface area (Å²) in [5.41, 5.74) is 0.940. The molecule has 0 aromatic heterocycles. The molecule has 0 heterocycles. The van der Waals surface area contributed by atoms with Crippen molar-refractivity contribution in [1.29, 1.82) is 0 Å². The smallest absolute Gasteiger partial charge is 0.220 e. The minimum Gasteiger partial charge on any atom is -0.352 e. The third-order valence-corrected chi connectivity index (χ3v) is 2.86. The van der Waals surface area contributed by atoms with Crippen LogP contribution in [0.3, 0.4) is 0 Å². The number of alkyl halides is 1. The van der Waals surface area contributed by atoms with Gasteiger partial charge in [0.05, 0.1) is 0 Å². The van der Waals surface area contributed by atoms with Crippen LogP contribution in [-0.4, -0.2) is 11.8 Å². The Kier molecular flexibility index (Phi) is 6.27. The molecule has 2 nitrogen and oxygen atoms in total. The van der Waals surface area contributed by atoms with Crippen molar-refractivity contribution in [2.24, 2.45) is 0 Å². The molecule has 0 aliphatic rings. The molecule has 0 unspecified atom stereocenters. The molecule has 1 N–H and O–H groups in total. The molecule has 4 heteroatoms. The zero-order valence-electron chi connectivity index (χ0n) is 9.01. The minimum atomic E-state index is 0.0463. The van der Waals surface area contributed by atoms with E-state index < -0.39 is 0 Å². The van der Waals surface area contributed by atoms with Gasteiger partial charge in [-0.2, -0.15) is 0 Å². The van der Waals surface area contributed by atoms with Crippen LogP contribution >= 0.6 is 23.2 Å². The van der Waals surface area contributed by atoms with E-state index in [0.29, 0.717) is 23.9 Å². The fraction of sp³-hybridized carbons (Fsp3) is 0.417. The molecule has 1 rings (SSSR count). The van der Waals surface area contributed by atoms with Gasteiger partial charge in [0.1, 0.15) is 0 Å². The van der Waals surface area contributed by atoms with Gasteiger partial charge in [-0.3, -0.25) is 4.79 Å². The van der Waals surface area contributed by atoms with Gasteiger partial charge in [0.25, 0.3) is 0 Å². The van der Waals surface area contributed by atoms with Crippen molar-refractivity contribution >= 4 is 29.1 Å². The number of halogens is 2. The normalized spacial score (nSPS) is 10.1. The summed E-state index contributed by atoms with van der Waals surface area (Å²) in [7, 11) is 0. The molecule has 0 saturated carbocycles. The predicted octanol–water partition coefficient (Wildman–Crippen LogP) is 3.37. The summed E-state index contributed by atoms with van der Waals surface area (Å²) in [5, 5.41) is 3.52. The molecule has 1 amide bonds. The van der Waals surface area contributed by atoms with Gasteiger partial charge >= 0.3 is 0 Å². The van der Waals surface area contributed by atoms with E-state index in [1.807, 2.05) is 24.3 Å². The first-order chi connectivity index (χ1) is 7.74. The Hall–Kier alpha value is -0.730. The van der Waals surface area contributed by atoms with E-state index in [4.69, 9.17) is 23.2 Å².